The first-order chi connectivity index (χ1) is 15.0. The van der Waals surface area contributed by atoms with Crippen molar-refractivity contribution in [2.24, 2.45) is 17.8 Å². The zero-order chi connectivity index (χ0) is 23.4. The number of fused-ring (bicyclic) bond motifs is 2. The van der Waals surface area contributed by atoms with Crippen LogP contribution in [0, 0.1) is 17.8 Å². The fourth-order valence-corrected chi connectivity index (χ4v) is 5.75. The molecular weight excluding hydrogens is 420 g/mol. The highest BCUT2D eigenvalue weighted by Gasteiger charge is 2.56. The van der Waals surface area contributed by atoms with Crippen LogP contribution < -0.4 is 0 Å². The van der Waals surface area contributed by atoms with E-state index >= 15 is 0 Å². The van der Waals surface area contributed by atoms with Crippen molar-refractivity contribution < 1.29 is 43.9 Å². The van der Waals surface area contributed by atoms with Crippen LogP contribution in [0.4, 0.5) is 0 Å². The van der Waals surface area contributed by atoms with Gasteiger partial charge in [-0.3, -0.25) is 4.79 Å². The number of aliphatic hydroxyl groups excluding tert-OH is 3. The summed E-state index contributed by atoms with van der Waals surface area (Å²) in [4.78, 5) is 23.2. The van der Waals surface area contributed by atoms with Crippen LogP contribution in [-0.4, -0.2) is 76.3 Å². The Hall–Kier alpha value is -1.78. The number of carbonyl (C=O) groups is 2. The minimum Gasteiger partial charge on any atom is -0.463 e. The third-order valence-corrected chi connectivity index (χ3v) is 7.64. The summed E-state index contributed by atoms with van der Waals surface area (Å²) in [5.41, 5.74) is 0.728. The van der Waals surface area contributed by atoms with Crippen LogP contribution in [-0.2, 0) is 28.5 Å². The molecule has 0 bridgehead atoms. The zero-order valence-corrected chi connectivity index (χ0v) is 18.4. The van der Waals surface area contributed by atoms with Gasteiger partial charge >= 0.3 is 11.9 Å². The largest absolute Gasteiger partial charge is 0.463 e. The van der Waals surface area contributed by atoms with Crippen molar-refractivity contribution in [1.29, 1.82) is 0 Å². The van der Waals surface area contributed by atoms with Gasteiger partial charge in [0.25, 0.3) is 0 Å². The highest BCUT2D eigenvalue weighted by Crippen LogP contribution is 2.54. The molecule has 4 rings (SSSR count). The molecule has 178 valence electrons. The van der Waals surface area contributed by atoms with Crippen molar-refractivity contribution in [1.82, 2.24) is 0 Å². The number of hydrogen-bond acceptors (Lipinski definition) is 9. The van der Waals surface area contributed by atoms with Gasteiger partial charge in [0, 0.05) is 24.8 Å². The van der Waals surface area contributed by atoms with E-state index < -0.39 is 42.3 Å². The van der Waals surface area contributed by atoms with E-state index in [0.29, 0.717) is 24.8 Å². The summed E-state index contributed by atoms with van der Waals surface area (Å²) in [5.74, 6) is -0.919. The molecule has 2 aliphatic carbocycles. The third kappa shape index (κ3) is 4.01. The van der Waals surface area contributed by atoms with Gasteiger partial charge in [-0.05, 0) is 38.0 Å². The van der Waals surface area contributed by atoms with Crippen molar-refractivity contribution in [3.63, 3.8) is 0 Å². The summed E-state index contributed by atoms with van der Waals surface area (Å²) in [7, 11) is 0. The molecule has 0 unspecified atom stereocenters. The Bertz CT molecular complexity index is 809. The second kappa shape index (κ2) is 8.53. The Balaban J connectivity index is 1.53. The molecule has 0 radical (unpaired) electrons. The van der Waals surface area contributed by atoms with Crippen LogP contribution in [0.3, 0.4) is 0 Å². The quantitative estimate of drug-likeness (QED) is 0.319. The zero-order valence-electron chi connectivity index (χ0n) is 18.4. The van der Waals surface area contributed by atoms with Crippen molar-refractivity contribution >= 4 is 11.9 Å². The fourth-order valence-electron chi connectivity index (χ4n) is 5.75. The minimum absolute atomic E-state index is 0.0250. The van der Waals surface area contributed by atoms with Gasteiger partial charge in [-0.15, -0.1) is 0 Å². The van der Waals surface area contributed by atoms with Gasteiger partial charge in [0.1, 0.15) is 37.1 Å². The first-order valence-corrected chi connectivity index (χ1v) is 11.1. The van der Waals surface area contributed by atoms with E-state index in [9.17, 15) is 24.9 Å². The molecule has 0 amide bonds. The molecule has 0 spiro atoms. The maximum Gasteiger partial charge on any atom is 0.334 e. The first-order valence-electron chi connectivity index (χ1n) is 11.1. The van der Waals surface area contributed by atoms with Gasteiger partial charge in [-0.25, -0.2) is 4.79 Å². The van der Waals surface area contributed by atoms with Gasteiger partial charge in [0.15, 0.2) is 6.29 Å². The summed E-state index contributed by atoms with van der Waals surface area (Å²) in [6.07, 6.45) is -4.27. The normalized spacial score (nSPS) is 46.3. The standard InChI is InChI=1S/C23H32O9/c1-10-7-16-14(11(2)21(28)30-16)8-15-13(10)5-6-23(15,4)32-22-20(27)19(26)18(25)17(31-22)9-29-12(3)24/h13-20,22,25-27H,1-2,5-9H2,3-4H3/t13-,14-,15-,16-,17-,18-,19+,20-,22+,23-/m1/s1. The molecule has 10 atom stereocenters. The van der Waals surface area contributed by atoms with Gasteiger partial charge in [0.05, 0.1) is 5.60 Å². The molecule has 9 heteroatoms. The van der Waals surface area contributed by atoms with E-state index in [1.807, 2.05) is 6.92 Å². The minimum atomic E-state index is -1.52. The molecule has 4 fully saturated rings. The topological polar surface area (TPSA) is 132 Å². The Morgan fingerprint density at radius 3 is 2.59 bits per heavy atom. The van der Waals surface area contributed by atoms with E-state index in [0.717, 1.165) is 12.0 Å². The fraction of sp³-hybridized carbons (Fsp3) is 0.739. The third-order valence-electron chi connectivity index (χ3n) is 7.64. The predicted octanol–water partition coefficient (Wildman–Crippen LogP) is 0.606. The highest BCUT2D eigenvalue weighted by molar-refractivity contribution is 5.90. The molecule has 2 aliphatic heterocycles. The lowest BCUT2D eigenvalue weighted by Crippen LogP contribution is -2.61. The van der Waals surface area contributed by atoms with Crippen molar-refractivity contribution in [3.05, 3.63) is 24.3 Å². The lowest BCUT2D eigenvalue weighted by molar-refractivity contribution is -0.329. The molecule has 2 saturated heterocycles. The number of aliphatic hydroxyl groups is 3. The second-order valence-electron chi connectivity index (χ2n) is 9.67. The van der Waals surface area contributed by atoms with E-state index in [-0.39, 0.29) is 36.4 Å². The first kappa shape index (κ1) is 23.4. The number of carbonyl (C=O) groups excluding carboxylic acids is 2. The molecule has 0 aromatic rings. The summed E-state index contributed by atoms with van der Waals surface area (Å²) < 4.78 is 22.5. The van der Waals surface area contributed by atoms with Crippen molar-refractivity contribution in [2.75, 3.05) is 6.61 Å². The Morgan fingerprint density at radius 1 is 1.19 bits per heavy atom. The molecule has 2 heterocycles. The van der Waals surface area contributed by atoms with Crippen LogP contribution in [0.25, 0.3) is 0 Å². The van der Waals surface area contributed by atoms with Crippen molar-refractivity contribution in [3.8, 4) is 0 Å². The van der Waals surface area contributed by atoms with E-state index in [1.54, 1.807) is 0 Å². The Morgan fingerprint density at radius 2 is 1.91 bits per heavy atom. The summed E-state index contributed by atoms with van der Waals surface area (Å²) in [5, 5.41) is 31.1. The van der Waals surface area contributed by atoms with Gasteiger partial charge < -0.3 is 34.3 Å². The number of rotatable bonds is 4. The van der Waals surface area contributed by atoms with Gasteiger partial charge in [-0.1, -0.05) is 18.7 Å². The number of ether oxygens (including phenoxy) is 4. The molecule has 0 aromatic heterocycles. The molecule has 32 heavy (non-hydrogen) atoms. The molecule has 2 saturated carbocycles. The lowest BCUT2D eigenvalue weighted by Gasteiger charge is -2.44. The second-order valence-corrected chi connectivity index (χ2v) is 9.67. The smallest absolute Gasteiger partial charge is 0.334 e. The Labute approximate surface area is 187 Å². The average molecular weight is 453 g/mol. The van der Waals surface area contributed by atoms with Gasteiger partial charge in [0.2, 0.25) is 0 Å². The average Bonchev–Trinajstić information content (AvgIpc) is 3.13. The predicted molar refractivity (Wildman–Crippen MR) is 110 cm³/mol. The van der Waals surface area contributed by atoms with Crippen LogP contribution in [0.2, 0.25) is 0 Å². The van der Waals surface area contributed by atoms with Crippen molar-refractivity contribution in [2.45, 2.75) is 81.9 Å². The van der Waals surface area contributed by atoms with Crippen LogP contribution in [0.15, 0.2) is 24.3 Å². The van der Waals surface area contributed by atoms with Crippen LogP contribution >= 0.6 is 0 Å². The number of esters is 2. The summed E-state index contributed by atoms with van der Waals surface area (Å²) in [6.45, 7) is 11.1. The summed E-state index contributed by atoms with van der Waals surface area (Å²) >= 11 is 0. The maximum atomic E-state index is 12.1. The number of hydrogen-bond donors (Lipinski definition) is 3. The van der Waals surface area contributed by atoms with Crippen LogP contribution in [0.1, 0.15) is 39.5 Å². The molecule has 0 aromatic carbocycles. The SMILES string of the molecule is C=C1C[C@H]2OC(=O)C(=C)[C@H]2C[C@@H]2[C@@H]1CC[C@@]2(C)O[C@@H]1O[C@H](COC(C)=O)[C@@H](O)[C@H](O)[C@H]1O. The molecule has 4 aliphatic rings. The van der Waals surface area contributed by atoms with E-state index in [4.69, 9.17) is 18.9 Å². The van der Waals surface area contributed by atoms with Gasteiger partial charge in [-0.2, -0.15) is 0 Å². The lowest BCUT2D eigenvalue weighted by atomic mass is 9.78. The van der Waals surface area contributed by atoms with E-state index in [2.05, 4.69) is 13.2 Å². The van der Waals surface area contributed by atoms with Crippen LogP contribution in [0.5, 0.6) is 0 Å². The molecule has 9 nitrogen and oxygen atoms in total. The highest BCUT2D eigenvalue weighted by atomic mass is 16.7. The molecular formula is C23H32O9. The molecule has 3 N–H and O–H groups in total. The Kier molecular flexibility index (Phi) is 6.23. The summed E-state index contributed by atoms with van der Waals surface area (Å²) in [6, 6.07) is 0. The van der Waals surface area contributed by atoms with E-state index in [1.165, 1.54) is 6.92 Å². The maximum absolute atomic E-state index is 12.1. The monoisotopic (exact) mass is 452 g/mol.